The summed E-state index contributed by atoms with van der Waals surface area (Å²) >= 11 is 1.37. The van der Waals surface area contributed by atoms with Crippen molar-refractivity contribution in [1.29, 1.82) is 0 Å². The molecular weight excluding hydrogens is 465 g/mol. The molecule has 9 heteroatoms. The third kappa shape index (κ3) is 5.45. The molecule has 1 aliphatic carbocycles. The lowest BCUT2D eigenvalue weighted by Gasteiger charge is -2.36. The zero-order valence-corrected chi connectivity index (χ0v) is 20.5. The van der Waals surface area contributed by atoms with Crippen LogP contribution in [0.15, 0.2) is 53.7 Å². The van der Waals surface area contributed by atoms with E-state index in [4.69, 9.17) is 4.98 Å². The minimum atomic E-state index is -0.240. The van der Waals surface area contributed by atoms with Crippen molar-refractivity contribution in [1.82, 2.24) is 19.8 Å². The van der Waals surface area contributed by atoms with Gasteiger partial charge >= 0.3 is 0 Å². The number of carbonyl (C=O) groups excluding carboxylic acids is 2. The summed E-state index contributed by atoms with van der Waals surface area (Å²) in [5.41, 5.74) is 2.27. The predicted octanol–water partition coefficient (Wildman–Crippen LogP) is 3.68. The number of thioether (sulfide) groups is 1. The fourth-order valence-electron chi connectivity index (χ4n) is 4.93. The van der Waals surface area contributed by atoms with E-state index in [1.54, 1.807) is 12.1 Å². The monoisotopic (exact) mass is 495 g/mol. The number of para-hydroxylation sites is 3. The number of amides is 2. The molecule has 7 nitrogen and oxygen atoms in total. The highest BCUT2D eigenvalue weighted by Gasteiger charge is 2.25. The lowest BCUT2D eigenvalue weighted by atomic mass is 10.2. The Labute approximate surface area is 208 Å². The number of imidazole rings is 1. The second kappa shape index (κ2) is 10.7. The number of hydrogen-bond donors (Lipinski definition) is 1. The van der Waals surface area contributed by atoms with Crippen molar-refractivity contribution in [3.63, 3.8) is 0 Å². The number of hydrogen-bond acceptors (Lipinski definition) is 5. The van der Waals surface area contributed by atoms with Crippen molar-refractivity contribution < 1.29 is 14.0 Å². The average molecular weight is 496 g/mol. The molecule has 1 aromatic heterocycles. The van der Waals surface area contributed by atoms with Gasteiger partial charge in [0.1, 0.15) is 12.4 Å². The number of halogens is 1. The van der Waals surface area contributed by atoms with Gasteiger partial charge in [0.2, 0.25) is 11.8 Å². The third-order valence-corrected chi connectivity index (χ3v) is 7.77. The summed E-state index contributed by atoms with van der Waals surface area (Å²) < 4.78 is 16.1. The van der Waals surface area contributed by atoms with E-state index in [1.165, 1.54) is 30.7 Å². The molecule has 1 aliphatic heterocycles. The molecule has 0 bridgehead atoms. The molecule has 3 aromatic rings. The van der Waals surface area contributed by atoms with E-state index >= 15 is 0 Å². The Morgan fingerprint density at radius 3 is 2.49 bits per heavy atom. The van der Waals surface area contributed by atoms with Gasteiger partial charge in [0.15, 0.2) is 5.16 Å². The lowest BCUT2D eigenvalue weighted by molar-refractivity contribution is -0.132. The van der Waals surface area contributed by atoms with E-state index in [1.807, 2.05) is 44.7 Å². The highest BCUT2D eigenvalue weighted by Crippen LogP contribution is 2.25. The average Bonchev–Trinajstić information content (AvgIpc) is 3.51. The van der Waals surface area contributed by atoms with Crippen LogP contribution in [-0.2, 0) is 16.1 Å². The Morgan fingerprint density at radius 1 is 1.00 bits per heavy atom. The van der Waals surface area contributed by atoms with Crippen molar-refractivity contribution in [3.8, 4) is 0 Å². The van der Waals surface area contributed by atoms with Gasteiger partial charge in [-0.25, -0.2) is 9.37 Å². The van der Waals surface area contributed by atoms with Gasteiger partial charge in [0.25, 0.3) is 0 Å². The maximum absolute atomic E-state index is 14.2. The lowest BCUT2D eigenvalue weighted by Crippen LogP contribution is -2.49. The molecule has 184 valence electrons. The topological polar surface area (TPSA) is 70.5 Å². The Kier molecular flexibility index (Phi) is 7.22. The zero-order chi connectivity index (χ0) is 24.2. The van der Waals surface area contributed by atoms with E-state index in [-0.39, 0.29) is 36.0 Å². The van der Waals surface area contributed by atoms with Crippen LogP contribution in [-0.4, -0.2) is 64.2 Å². The predicted molar refractivity (Wildman–Crippen MR) is 136 cm³/mol. The molecule has 0 unspecified atom stereocenters. The Morgan fingerprint density at radius 2 is 1.71 bits per heavy atom. The van der Waals surface area contributed by atoms with Crippen LogP contribution in [0.1, 0.15) is 25.7 Å². The SMILES string of the molecule is O=C(CSc1nc2ccccc2n1CC(=O)N1CCN(c2ccccc2F)CC1)NC1CCCC1. The van der Waals surface area contributed by atoms with Crippen molar-refractivity contribution in [2.45, 2.75) is 43.4 Å². The van der Waals surface area contributed by atoms with Gasteiger partial charge in [0, 0.05) is 32.2 Å². The van der Waals surface area contributed by atoms with Gasteiger partial charge in [-0.2, -0.15) is 0 Å². The minimum Gasteiger partial charge on any atom is -0.366 e. The molecule has 1 saturated carbocycles. The fourth-order valence-corrected chi connectivity index (χ4v) is 5.75. The summed E-state index contributed by atoms with van der Waals surface area (Å²) in [6.07, 6.45) is 4.44. The smallest absolute Gasteiger partial charge is 0.242 e. The molecule has 2 amide bonds. The molecule has 1 saturated heterocycles. The molecule has 35 heavy (non-hydrogen) atoms. The van der Waals surface area contributed by atoms with Crippen molar-refractivity contribution in [3.05, 3.63) is 54.3 Å². The molecule has 2 fully saturated rings. The van der Waals surface area contributed by atoms with Gasteiger partial charge in [-0.1, -0.05) is 48.9 Å². The summed E-state index contributed by atoms with van der Waals surface area (Å²) in [6.45, 7) is 2.39. The van der Waals surface area contributed by atoms with Crippen LogP contribution in [0.5, 0.6) is 0 Å². The number of nitrogens with zero attached hydrogens (tertiary/aromatic N) is 4. The maximum Gasteiger partial charge on any atom is 0.242 e. The van der Waals surface area contributed by atoms with Crippen LogP contribution < -0.4 is 10.2 Å². The number of benzene rings is 2. The first-order valence-electron chi connectivity index (χ1n) is 12.2. The molecule has 2 aliphatic rings. The first-order chi connectivity index (χ1) is 17.1. The van der Waals surface area contributed by atoms with E-state index in [0.29, 0.717) is 37.0 Å². The number of nitrogens with one attached hydrogen (secondary N) is 1. The van der Waals surface area contributed by atoms with Gasteiger partial charge in [-0.05, 0) is 37.1 Å². The fraction of sp³-hybridized carbons (Fsp3) is 0.423. The van der Waals surface area contributed by atoms with Crippen LogP contribution in [0.4, 0.5) is 10.1 Å². The zero-order valence-electron chi connectivity index (χ0n) is 19.7. The van der Waals surface area contributed by atoms with E-state index in [2.05, 4.69) is 5.32 Å². The van der Waals surface area contributed by atoms with E-state index < -0.39 is 0 Å². The molecular formula is C26H30FN5O2S. The van der Waals surface area contributed by atoms with Crippen LogP contribution >= 0.6 is 11.8 Å². The first kappa shape index (κ1) is 23.7. The Hall–Kier alpha value is -3.07. The molecule has 0 radical (unpaired) electrons. The van der Waals surface area contributed by atoms with Gasteiger partial charge in [0.05, 0.1) is 22.5 Å². The molecule has 2 heterocycles. The molecule has 1 N–H and O–H groups in total. The quantitative estimate of drug-likeness (QED) is 0.507. The third-order valence-electron chi connectivity index (χ3n) is 6.79. The summed E-state index contributed by atoms with van der Waals surface area (Å²) in [6, 6.07) is 14.8. The summed E-state index contributed by atoms with van der Waals surface area (Å²) in [5.74, 6) is 0.0421. The summed E-state index contributed by atoms with van der Waals surface area (Å²) in [7, 11) is 0. The largest absolute Gasteiger partial charge is 0.366 e. The number of piperazine rings is 1. The van der Waals surface area contributed by atoms with Crippen LogP contribution in [0, 0.1) is 5.82 Å². The Balaban J connectivity index is 1.24. The normalized spacial score (nSPS) is 16.7. The number of fused-ring (bicyclic) bond motifs is 1. The van der Waals surface area contributed by atoms with Gasteiger partial charge < -0.3 is 19.7 Å². The highest BCUT2D eigenvalue weighted by atomic mass is 32.2. The number of rotatable bonds is 7. The van der Waals surface area contributed by atoms with E-state index in [9.17, 15) is 14.0 Å². The summed E-state index contributed by atoms with van der Waals surface area (Å²) in [5, 5.41) is 3.79. The number of carbonyl (C=O) groups is 2. The molecule has 0 spiro atoms. The Bertz CT molecular complexity index is 1200. The summed E-state index contributed by atoms with van der Waals surface area (Å²) in [4.78, 5) is 34.2. The number of anilines is 1. The maximum atomic E-state index is 14.2. The first-order valence-corrected chi connectivity index (χ1v) is 13.2. The van der Waals surface area contributed by atoms with Gasteiger partial charge in [-0.3, -0.25) is 9.59 Å². The standard InChI is InChI=1S/C26H30FN5O2S/c27-20-9-3-5-11-22(20)30-13-15-31(16-14-30)25(34)17-32-23-12-6-4-10-21(23)29-26(32)35-18-24(33)28-19-7-1-2-8-19/h3-6,9-12,19H,1-2,7-8,13-18H2,(H,28,33). The van der Waals surface area contributed by atoms with E-state index in [0.717, 1.165) is 23.9 Å². The van der Waals surface area contributed by atoms with Gasteiger partial charge in [-0.15, -0.1) is 0 Å². The van der Waals surface area contributed by atoms with Crippen molar-refractivity contribution >= 4 is 40.3 Å². The number of aromatic nitrogens is 2. The molecule has 5 rings (SSSR count). The minimum absolute atomic E-state index is 0.00130. The second-order valence-electron chi connectivity index (χ2n) is 9.13. The molecule has 0 atom stereocenters. The second-order valence-corrected chi connectivity index (χ2v) is 10.1. The van der Waals surface area contributed by atoms with Crippen LogP contribution in [0.2, 0.25) is 0 Å². The van der Waals surface area contributed by atoms with Crippen LogP contribution in [0.3, 0.4) is 0 Å². The van der Waals surface area contributed by atoms with Crippen molar-refractivity contribution in [2.24, 2.45) is 0 Å². The van der Waals surface area contributed by atoms with Crippen molar-refractivity contribution in [2.75, 3.05) is 36.8 Å². The van der Waals surface area contributed by atoms with Crippen LogP contribution in [0.25, 0.3) is 11.0 Å². The molecule has 2 aromatic carbocycles. The highest BCUT2D eigenvalue weighted by molar-refractivity contribution is 7.99.